The zero-order valence-corrected chi connectivity index (χ0v) is 10.9. The Morgan fingerprint density at radius 3 is 2.75 bits per heavy atom. The van der Waals surface area contributed by atoms with Crippen LogP contribution in [0.15, 0.2) is 0 Å². The molecule has 0 aliphatic heterocycles. The molecule has 0 fully saturated rings. The Morgan fingerprint density at radius 2 is 2.31 bits per heavy atom. The second kappa shape index (κ2) is 5.40. The van der Waals surface area contributed by atoms with Crippen molar-refractivity contribution in [2.45, 2.75) is 19.1 Å². The van der Waals surface area contributed by atoms with Crippen molar-refractivity contribution < 1.29 is 14.1 Å². The first-order chi connectivity index (χ1) is 7.41. The summed E-state index contributed by atoms with van der Waals surface area (Å²) in [5.41, 5.74) is 0.0813. The van der Waals surface area contributed by atoms with Gasteiger partial charge in [0.1, 0.15) is 0 Å². The summed E-state index contributed by atoms with van der Waals surface area (Å²) in [6.07, 6.45) is 1.64. The molecule has 0 radical (unpaired) electrons. The first kappa shape index (κ1) is 13.1. The third-order valence-corrected chi connectivity index (χ3v) is 4.33. The molecule has 1 aromatic rings. The largest absolute Gasteiger partial charge is 0.476 e. The SMILES string of the molecule is Cc1sc(NCC(C)S(C)=O)nc1C(=O)O. The smallest absolute Gasteiger partial charge is 0.355 e. The first-order valence-electron chi connectivity index (χ1n) is 4.68. The van der Waals surface area contributed by atoms with E-state index in [1.54, 1.807) is 13.2 Å². The molecule has 0 spiro atoms. The van der Waals surface area contributed by atoms with E-state index >= 15 is 0 Å². The number of hydrogen-bond donors (Lipinski definition) is 2. The van der Waals surface area contributed by atoms with Crippen molar-refractivity contribution in [2.75, 3.05) is 18.1 Å². The van der Waals surface area contributed by atoms with Crippen molar-refractivity contribution in [1.29, 1.82) is 0 Å². The Morgan fingerprint density at radius 1 is 1.69 bits per heavy atom. The highest BCUT2D eigenvalue weighted by atomic mass is 32.2. The highest BCUT2D eigenvalue weighted by Crippen LogP contribution is 2.21. The topological polar surface area (TPSA) is 79.3 Å². The van der Waals surface area contributed by atoms with Crippen LogP contribution in [0.25, 0.3) is 0 Å². The van der Waals surface area contributed by atoms with Crippen molar-refractivity contribution in [1.82, 2.24) is 4.98 Å². The average molecular weight is 262 g/mol. The number of nitrogens with zero attached hydrogens (tertiary/aromatic N) is 1. The van der Waals surface area contributed by atoms with E-state index in [0.29, 0.717) is 16.6 Å². The lowest BCUT2D eigenvalue weighted by molar-refractivity contribution is 0.0690. The lowest BCUT2D eigenvalue weighted by atomic mass is 10.4. The molecule has 0 aromatic carbocycles. The molecule has 2 atom stereocenters. The zero-order chi connectivity index (χ0) is 12.3. The maximum absolute atomic E-state index is 11.1. The molecule has 2 N–H and O–H groups in total. The van der Waals surface area contributed by atoms with Gasteiger partial charge < -0.3 is 10.4 Å². The molecule has 16 heavy (non-hydrogen) atoms. The van der Waals surface area contributed by atoms with Crippen molar-refractivity contribution in [3.63, 3.8) is 0 Å². The molecule has 7 heteroatoms. The summed E-state index contributed by atoms with van der Waals surface area (Å²) < 4.78 is 11.1. The molecule has 1 heterocycles. The number of aromatic carboxylic acids is 1. The van der Waals surface area contributed by atoms with Crippen LogP contribution < -0.4 is 5.32 Å². The predicted molar refractivity (Wildman–Crippen MR) is 65.8 cm³/mol. The summed E-state index contributed by atoms with van der Waals surface area (Å²) in [7, 11) is -0.893. The van der Waals surface area contributed by atoms with Gasteiger partial charge in [-0.25, -0.2) is 9.78 Å². The fourth-order valence-corrected chi connectivity index (χ4v) is 2.15. The van der Waals surface area contributed by atoms with Crippen LogP contribution in [0, 0.1) is 6.92 Å². The van der Waals surface area contributed by atoms with Gasteiger partial charge in [0.05, 0.1) is 0 Å². The average Bonchev–Trinajstić information content (AvgIpc) is 2.56. The summed E-state index contributed by atoms with van der Waals surface area (Å²) >= 11 is 1.29. The van der Waals surface area contributed by atoms with E-state index in [1.807, 2.05) is 6.92 Å². The van der Waals surface area contributed by atoms with Crippen LogP contribution in [-0.2, 0) is 10.8 Å². The number of aromatic nitrogens is 1. The number of rotatable bonds is 5. The van der Waals surface area contributed by atoms with Gasteiger partial charge in [-0.3, -0.25) is 4.21 Å². The molecule has 0 saturated carbocycles. The third-order valence-electron chi connectivity index (χ3n) is 2.11. The van der Waals surface area contributed by atoms with E-state index in [9.17, 15) is 9.00 Å². The summed E-state index contributed by atoms with van der Waals surface area (Å²) in [6, 6.07) is 0. The van der Waals surface area contributed by atoms with Gasteiger partial charge in [-0.1, -0.05) is 0 Å². The predicted octanol–water partition coefficient (Wildman–Crippen LogP) is 1.33. The molecular weight excluding hydrogens is 248 g/mol. The minimum absolute atomic E-state index is 0.0116. The third kappa shape index (κ3) is 3.28. The molecular formula is C9H14N2O3S2. The first-order valence-corrected chi connectivity index (χ1v) is 7.12. The minimum atomic E-state index is -1.02. The number of thiazole rings is 1. The maximum atomic E-state index is 11.1. The maximum Gasteiger partial charge on any atom is 0.355 e. The van der Waals surface area contributed by atoms with E-state index < -0.39 is 16.8 Å². The zero-order valence-electron chi connectivity index (χ0n) is 9.31. The number of aryl methyl sites for hydroxylation is 1. The van der Waals surface area contributed by atoms with Gasteiger partial charge in [0, 0.05) is 33.7 Å². The summed E-state index contributed by atoms with van der Waals surface area (Å²) in [6.45, 7) is 4.10. The molecule has 1 aromatic heterocycles. The van der Waals surface area contributed by atoms with E-state index in [0.717, 1.165) is 0 Å². The number of carboxylic acids is 1. The lowest BCUT2D eigenvalue weighted by Gasteiger charge is -2.07. The Hall–Kier alpha value is -0.950. The standard InChI is InChI=1S/C9H14N2O3S2/c1-5(16(3)14)4-10-9-11-7(8(12)13)6(2)15-9/h5H,4H2,1-3H3,(H,10,11)(H,12,13). The van der Waals surface area contributed by atoms with Gasteiger partial charge in [0.25, 0.3) is 0 Å². The van der Waals surface area contributed by atoms with E-state index in [4.69, 9.17) is 5.11 Å². The second-order valence-electron chi connectivity index (χ2n) is 3.42. The van der Waals surface area contributed by atoms with Crippen LogP contribution >= 0.6 is 11.3 Å². The second-order valence-corrected chi connectivity index (χ2v) is 6.42. The van der Waals surface area contributed by atoms with Gasteiger partial charge in [-0.15, -0.1) is 11.3 Å². The fraction of sp³-hybridized carbons (Fsp3) is 0.556. The Kier molecular flexibility index (Phi) is 4.43. The number of anilines is 1. The highest BCUT2D eigenvalue weighted by Gasteiger charge is 2.14. The molecule has 0 bridgehead atoms. The van der Waals surface area contributed by atoms with E-state index in [1.165, 1.54) is 11.3 Å². The van der Waals surface area contributed by atoms with Crippen LogP contribution in [-0.4, -0.2) is 38.3 Å². The molecule has 0 amide bonds. The van der Waals surface area contributed by atoms with Gasteiger partial charge in [-0.05, 0) is 13.8 Å². The van der Waals surface area contributed by atoms with Gasteiger partial charge >= 0.3 is 5.97 Å². The summed E-state index contributed by atoms with van der Waals surface area (Å²) in [5, 5.41) is 12.4. The monoisotopic (exact) mass is 262 g/mol. The van der Waals surface area contributed by atoms with Crippen LogP contribution in [0.1, 0.15) is 22.3 Å². The van der Waals surface area contributed by atoms with Crippen molar-refractivity contribution >= 4 is 33.2 Å². The molecule has 5 nitrogen and oxygen atoms in total. The van der Waals surface area contributed by atoms with Crippen LogP contribution in [0.2, 0.25) is 0 Å². The molecule has 0 aliphatic rings. The Balaban J connectivity index is 2.65. The summed E-state index contributed by atoms with van der Waals surface area (Å²) in [4.78, 5) is 15.4. The van der Waals surface area contributed by atoms with Gasteiger partial charge in [0.2, 0.25) is 0 Å². The molecule has 2 unspecified atom stereocenters. The number of hydrogen-bond acceptors (Lipinski definition) is 5. The molecule has 0 saturated heterocycles. The number of carboxylic acid groups (broad SMARTS) is 1. The van der Waals surface area contributed by atoms with Gasteiger partial charge in [0.15, 0.2) is 10.8 Å². The number of carbonyl (C=O) groups is 1. The Bertz CT molecular complexity index is 417. The van der Waals surface area contributed by atoms with Crippen LogP contribution in [0.3, 0.4) is 0 Å². The normalized spacial score (nSPS) is 14.4. The molecule has 0 aliphatic carbocycles. The summed E-state index contributed by atoms with van der Waals surface area (Å²) in [5.74, 6) is -1.02. The minimum Gasteiger partial charge on any atom is -0.476 e. The lowest BCUT2D eigenvalue weighted by Crippen LogP contribution is -2.20. The van der Waals surface area contributed by atoms with Crippen molar-refractivity contribution in [3.05, 3.63) is 10.6 Å². The van der Waals surface area contributed by atoms with Crippen molar-refractivity contribution in [3.8, 4) is 0 Å². The quantitative estimate of drug-likeness (QED) is 0.837. The van der Waals surface area contributed by atoms with E-state index in [-0.39, 0.29) is 10.9 Å². The molecule has 90 valence electrons. The number of nitrogens with one attached hydrogen (secondary N) is 1. The van der Waals surface area contributed by atoms with Gasteiger partial charge in [-0.2, -0.15) is 0 Å². The Labute approximate surface area is 100 Å². The van der Waals surface area contributed by atoms with Crippen LogP contribution in [0.5, 0.6) is 0 Å². The molecule has 1 rings (SSSR count). The van der Waals surface area contributed by atoms with Crippen molar-refractivity contribution in [2.24, 2.45) is 0 Å². The van der Waals surface area contributed by atoms with E-state index in [2.05, 4.69) is 10.3 Å². The fourth-order valence-electron chi connectivity index (χ4n) is 1.02. The highest BCUT2D eigenvalue weighted by molar-refractivity contribution is 7.84. The van der Waals surface area contributed by atoms with Crippen LogP contribution in [0.4, 0.5) is 5.13 Å².